The second-order valence-electron chi connectivity index (χ2n) is 6.96. The summed E-state index contributed by atoms with van der Waals surface area (Å²) >= 11 is 0. The van der Waals surface area contributed by atoms with Crippen LogP contribution >= 0.6 is 0 Å². The molecular formula is C23H21N3O5. The first-order valence-electron chi connectivity index (χ1n) is 9.84. The van der Waals surface area contributed by atoms with E-state index >= 15 is 0 Å². The Morgan fingerprint density at radius 1 is 0.903 bits per heavy atom. The fourth-order valence-electron chi connectivity index (χ4n) is 3.22. The summed E-state index contributed by atoms with van der Waals surface area (Å²) in [6, 6.07) is 20.3. The van der Waals surface area contributed by atoms with Crippen molar-refractivity contribution in [2.45, 2.75) is 12.8 Å². The van der Waals surface area contributed by atoms with Crippen LogP contribution in [0.2, 0.25) is 0 Å². The van der Waals surface area contributed by atoms with Gasteiger partial charge in [-0.2, -0.15) is 0 Å². The molecule has 0 radical (unpaired) electrons. The Balaban J connectivity index is 1.24. The number of hydrazine groups is 1. The van der Waals surface area contributed by atoms with Crippen molar-refractivity contribution in [2.24, 2.45) is 0 Å². The molecule has 0 aliphatic carbocycles. The molecule has 0 atom stereocenters. The van der Waals surface area contributed by atoms with Gasteiger partial charge < -0.3 is 9.15 Å². The van der Waals surface area contributed by atoms with Gasteiger partial charge in [-0.3, -0.25) is 30.1 Å². The summed E-state index contributed by atoms with van der Waals surface area (Å²) in [6.45, 7) is -0.358. The first-order chi connectivity index (χ1) is 15.1. The van der Waals surface area contributed by atoms with Gasteiger partial charge in [0.05, 0.1) is 5.69 Å². The van der Waals surface area contributed by atoms with Gasteiger partial charge in [0.2, 0.25) is 5.91 Å². The minimum atomic E-state index is -0.511. The molecule has 2 N–H and O–H groups in total. The lowest BCUT2D eigenvalue weighted by Gasteiger charge is -2.28. The van der Waals surface area contributed by atoms with Crippen molar-refractivity contribution in [2.75, 3.05) is 18.1 Å². The van der Waals surface area contributed by atoms with E-state index < -0.39 is 5.91 Å². The Bertz CT molecular complexity index is 1090. The fraction of sp³-hybridized carbons (Fsp3) is 0.174. The second-order valence-corrected chi connectivity index (χ2v) is 6.96. The van der Waals surface area contributed by atoms with Crippen LogP contribution in [0.25, 0.3) is 11.3 Å². The van der Waals surface area contributed by atoms with Gasteiger partial charge >= 0.3 is 0 Å². The zero-order chi connectivity index (χ0) is 21.6. The van der Waals surface area contributed by atoms with Gasteiger partial charge in [-0.15, -0.1) is 0 Å². The molecule has 3 aromatic rings. The highest BCUT2D eigenvalue weighted by atomic mass is 16.5. The van der Waals surface area contributed by atoms with E-state index in [0.717, 1.165) is 11.3 Å². The van der Waals surface area contributed by atoms with E-state index in [1.54, 1.807) is 24.3 Å². The van der Waals surface area contributed by atoms with Gasteiger partial charge in [0.15, 0.2) is 6.61 Å². The molecule has 0 unspecified atom stereocenters. The lowest BCUT2D eigenvalue weighted by Crippen LogP contribution is -2.49. The number of hydrogen-bond acceptors (Lipinski definition) is 5. The summed E-state index contributed by atoms with van der Waals surface area (Å²) < 4.78 is 11.1. The quantitative estimate of drug-likeness (QED) is 0.598. The fourth-order valence-corrected chi connectivity index (χ4v) is 3.22. The van der Waals surface area contributed by atoms with E-state index in [4.69, 9.17) is 9.15 Å². The SMILES string of the molecule is O=C(CCc1ccc(-c2ccccc2)o1)NNC(=O)CN1C(=O)COc2ccccc21. The van der Waals surface area contributed by atoms with Crippen LogP contribution in [0.3, 0.4) is 0 Å². The predicted molar refractivity (Wildman–Crippen MR) is 113 cm³/mol. The molecule has 1 aromatic heterocycles. The van der Waals surface area contributed by atoms with Crippen LogP contribution in [0.1, 0.15) is 12.2 Å². The average Bonchev–Trinajstić information content (AvgIpc) is 3.28. The molecule has 0 fully saturated rings. The maximum absolute atomic E-state index is 12.2. The summed E-state index contributed by atoms with van der Waals surface area (Å²) in [5.41, 5.74) is 6.20. The molecule has 1 aliphatic heterocycles. The molecule has 0 spiro atoms. The third kappa shape index (κ3) is 4.92. The summed E-state index contributed by atoms with van der Waals surface area (Å²) in [6.07, 6.45) is 0.533. The summed E-state index contributed by atoms with van der Waals surface area (Å²) in [4.78, 5) is 37.8. The van der Waals surface area contributed by atoms with Crippen LogP contribution in [-0.4, -0.2) is 30.9 Å². The number of carbonyl (C=O) groups excluding carboxylic acids is 3. The zero-order valence-corrected chi connectivity index (χ0v) is 16.7. The number of aryl methyl sites for hydroxylation is 1. The third-order valence-electron chi connectivity index (χ3n) is 4.77. The average molecular weight is 419 g/mol. The Morgan fingerprint density at radius 3 is 2.48 bits per heavy atom. The van der Waals surface area contributed by atoms with Crippen molar-refractivity contribution in [3.8, 4) is 17.1 Å². The highest BCUT2D eigenvalue weighted by molar-refractivity contribution is 6.02. The number of amides is 3. The van der Waals surface area contributed by atoms with Gasteiger partial charge in [0.25, 0.3) is 11.8 Å². The van der Waals surface area contributed by atoms with Crippen LogP contribution in [-0.2, 0) is 20.8 Å². The zero-order valence-electron chi connectivity index (χ0n) is 16.7. The third-order valence-corrected chi connectivity index (χ3v) is 4.77. The Morgan fingerprint density at radius 2 is 1.65 bits per heavy atom. The second kappa shape index (κ2) is 9.17. The number of anilines is 1. The van der Waals surface area contributed by atoms with Gasteiger partial charge in [-0.25, -0.2) is 0 Å². The van der Waals surface area contributed by atoms with Crippen LogP contribution in [0.5, 0.6) is 5.75 Å². The van der Waals surface area contributed by atoms with E-state index in [1.807, 2.05) is 42.5 Å². The van der Waals surface area contributed by atoms with Crippen molar-refractivity contribution in [1.29, 1.82) is 0 Å². The molecule has 8 nitrogen and oxygen atoms in total. The minimum absolute atomic E-state index is 0.134. The maximum atomic E-state index is 12.2. The van der Waals surface area contributed by atoms with Gasteiger partial charge in [0, 0.05) is 18.4 Å². The van der Waals surface area contributed by atoms with Crippen molar-refractivity contribution in [1.82, 2.24) is 10.9 Å². The van der Waals surface area contributed by atoms with Gasteiger partial charge in [-0.1, -0.05) is 42.5 Å². The Kier molecular flexibility index (Phi) is 5.98. The molecule has 8 heteroatoms. The van der Waals surface area contributed by atoms with Crippen molar-refractivity contribution in [3.63, 3.8) is 0 Å². The number of hydrogen-bond donors (Lipinski definition) is 2. The number of fused-ring (bicyclic) bond motifs is 1. The van der Waals surface area contributed by atoms with E-state index in [9.17, 15) is 14.4 Å². The first kappa shape index (κ1) is 20.2. The Hall–Kier alpha value is -4.07. The highest BCUT2D eigenvalue weighted by Gasteiger charge is 2.27. The molecule has 2 heterocycles. The maximum Gasteiger partial charge on any atom is 0.265 e. The van der Waals surface area contributed by atoms with E-state index in [2.05, 4.69) is 10.9 Å². The standard InChI is InChI=1S/C23H21N3O5/c27-21(13-11-17-10-12-19(31-17)16-6-2-1-3-7-16)24-25-22(28)14-26-18-8-4-5-9-20(18)30-15-23(26)29/h1-10,12H,11,13-15H2,(H,24,27)(H,25,28). The number of carbonyl (C=O) groups is 3. The van der Waals surface area contributed by atoms with Gasteiger partial charge in [-0.05, 0) is 24.3 Å². The summed E-state index contributed by atoms with van der Waals surface area (Å²) in [7, 11) is 0. The molecule has 31 heavy (non-hydrogen) atoms. The van der Waals surface area contributed by atoms with Gasteiger partial charge in [0.1, 0.15) is 23.8 Å². The lowest BCUT2D eigenvalue weighted by atomic mass is 10.2. The molecule has 2 aromatic carbocycles. The van der Waals surface area contributed by atoms with Crippen molar-refractivity contribution >= 4 is 23.4 Å². The van der Waals surface area contributed by atoms with E-state index in [-0.39, 0.29) is 31.4 Å². The number of furan rings is 1. The number of rotatable bonds is 6. The molecule has 0 saturated heterocycles. The number of nitrogens with one attached hydrogen (secondary N) is 2. The Labute approximate surface area is 178 Å². The first-order valence-corrected chi connectivity index (χ1v) is 9.84. The van der Waals surface area contributed by atoms with Crippen molar-refractivity contribution in [3.05, 3.63) is 72.5 Å². The largest absolute Gasteiger partial charge is 0.482 e. The predicted octanol–water partition coefficient (Wildman–Crippen LogP) is 2.45. The van der Waals surface area contributed by atoms with Crippen LogP contribution in [0, 0.1) is 0 Å². The number of nitrogens with zero attached hydrogens (tertiary/aromatic N) is 1. The molecule has 1 aliphatic rings. The number of ether oxygens (including phenoxy) is 1. The lowest BCUT2D eigenvalue weighted by molar-refractivity contribution is -0.129. The number of para-hydroxylation sites is 2. The van der Waals surface area contributed by atoms with E-state index in [1.165, 1.54) is 4.90 Å². The minimum Gasteiger partial charge on any atom is -0.482 e. The molecular weight excluding hydrogens is 398 g/mol. The highest BCUT2D eigenvalue weighted by Crippen LogP contribution is 2.31. The summed E-state index contributed by atoms with van der Waals surface area (Å²) in [5.74, 6) is 0.748. The van der Waals surface area contributed by atoms with Crippen LogP contribution in [0.4, 0.5) is 5.69 Å². The van der Waals surface area contributed by atoms with Crippen LogP contribution < -0.4 is 20.5 Å². The smallest absolute Gasteiger partial charge is 0.265 e. The van der Waals surface area contributed by atoms with Crippen LogP contribution in [0.15, 0.2) is 71.1 Å². The molecule has 0 bridgehead atoms. The van der Waals surface area contributed by atoms with E-state index in [0.29, 0.717) is 23.6 Å². The molecule has 0 saturated carbocycles. The number of benzene rings is 2. The molecule has 3 amide bonds. The van der Waals surface area contributed by atoms with Crippen molar-refractivity contribution < 1.29 is 23.5 Å². The monoisotopic (exact) mass is 419 g/mol. The normalized spacial score (nSPS) is 12.6. The molecule has 4 rings (SSSR count). The molecule has 158 valence electrons. The summed E-state index contributed by atoms with van der Waals surface area (Å²) in [5, 5.41) is 0. The topological polar surface area (TPSA) is 101 Å².